The van der Waals surface area contributed by atoms with Gasteiger partial charge in [0.15, 0.2) is 0 Å². The van der Waals surface area contributed by atoms with Gasteiger partial charge in [-0.25, -0.2) is 9.78 Å². The van der Waals surface area contributed by atoms with Crippen molar-refractivity contribution in [3.63, 3.8) is 0 Å². The molecule has 0 amide bonds. The van der Waals surface area contributed by atoms with E-state index < -0.39 is 5.97 Å². The molecule has 1 N–H and O–H groups in total. The van der Waals surface area contributed by atoms with E-state index in [-0.39, 0.29) is 11.8 Å². The number of carboxylic acids is 1. The molecule has 4 nitrogen and oxygen atoms in total. The summed E-state index contributed by atoms with van der Waals surface area (Å²) in [5, 5.41) is 8.96. The van der Waals surface area contributed by atoms with Crippen LogP contribution in [0.25, 0.3) is 0 Å². The number of carbonyl (C=O) groups is 1. The Morgan fingerprint density at radius 3 is 3.10 bits per heavy atom. The highest BCUT2D eigenvalue weighted by Crippen LogP contribution is 2.32. The van der Waals surface area contributed by atoms with E-state index in [1.165, 1.54) is 17.3 Å². The van der Waals surface area contributed by atoms with Crippen LogP contribution in [0.15, 0.2) is 47.5 Å². The number of benzene rings is 1. The van der Waals surface area contributed by atoms with Gasteiger partial charge in [0.25, 0.3) is 0 Å². The lowest BCUT2D eigenvalue weighted by Gasteiger charge is -2.25. The molecule has 0 saturated heterocycles. The summed E-state index contributed by atoms with van der Waals surface area (Å²) in [6.45, 7) is 0.735. The van der Waals surface area contributed by atoms with Crippen LogP contribution in [0.1, 0.15) is 27.7 Å². The molecule has 0 bridgehead atoms. The number of rotatable bonds is 4. The molecule has 1 unspecified atom stereocenters. The van der Waals surface area contributed by atoms with E-state index in [1.54, 1.807) is 17.8 Å². The second-order valence-corrected chi connectivity index (χ2v) is 5.89. The summed E-state index contributed by atoms with van der Waals surface area (Å²) >= 11 is 1.59. The first-order chi connectivity index (χ1) is 10.2. The summed E-state index contributed by atoms with van der Waals surface area (Å²) < 4.78 is 5.85. The van der Waals surface area contributed by atoms with Crippen molar-refractivity contribution in [2.75, 3.05) is 12.4 Å². The molecule has 5 heteroatoms. The topological polar surface area (TPSA) is 59.4 Å². The fourth-order valence-electron chi connectivity index (χ4n) is 2.40. The van der Waals surface area contributed by atoms with Crippen molar-refractivity contribution in [3.05, 3.63) is 59.4 Å². The van der Waals surface area contributed by atoms with E-state index in [0.29, 0.717) is 0 Å². The standard InChI is InChI=1S/C16H15NO3S/c18-16(19)14-9-12(5-7-17-14)21-10-15-13-4-2-1-3-11(13)6-8-20-15/h1-5,7,9,15H,6,8,10H2,(H,18,19). The predicted octanol–water partition coefficient (Wildman–Crippen LogP) is 3.19. The number of aromatic nitrogens is 1. The van der Waals surface area contributed by atoms with E-state index in [4.69, 9.17) is 9.84 Å². The summed E-state index contributed by atoms with van der Waals surface area (Å²) in [6, 6.07) is 11.8. The van der Waals surface area contributed by atoms with Crippen LogP contribution in [0.3, 0.4) is 0 Å². The van der Waals surface area contributed by atoms with E-state index in [2.05, 4.69) is 23.2 Å². The van der Waals surface area contributed by atoms with Crippen LogP contribution in [-0.2, 0) is 11.2 Å². The number of ether oxygens (including phenoxy) is 1. The highest BCUT2D eigenvalue weighted by Gasteiger charge is 2.20. The molecule has 0 radical (unpaired) electrons. The Bertz CT molecular complexity index is 659. The minimum Gasteiger partial charge on any atom is -0.477 e. The first-order valence-corrected chi connectivity index (χ1v) is 7.74. The molecule has 3 rings (SSSR count). The van der Waals surface area contributed by atoms with Crippen molar-refractivity contribution in [1.29, 1.82) is 0 Å². The molecule has 21 heavy (non-hydrogen) atoms. The molecule has 1 aromatic heterocycles. The van der Waals surface area contributed by atoms with Crippen LogP contribution in [0.2, 0.25) is 0 Å². The maximum absolute atomic E-state index is 10.9. The quantitative estimate of drug-likeness (QED) is 0.879. The van der Waals surface area contributed by atoms with Crippen molar-refractivity contribution in [3.8, 4) is 0 Å². The minimum atomic E-state index is -1.00. The molecule has 1 atom stereocenters. The third kappa shape index (κ3) is 3.25. The van der Waals surface area contributed by atoms with Gasteiger partial charge in [0.2, 0.25) is 0 Å². The molecule has 108 valence electrons. The van der Waals surface area contributed by atoms with Crippen LogP contribution < -0.4 is 0 Å². The number of thioether (sulfide) groups is 1. The van der Waals surface area contributed by atoms with Gasteiger partial charge in [0.05, 0.1) is 12.7 Å². The van der Waals surface area contributed by atoms with Crippen LogP contribution in [0.4, 0.5) is 0 Å². The first-order valence-electron chi connectivity index (χ1n) is 6.75. The molecular formula is C16H15NO3S. The normalized spacial score (nSPS) is 17.2. The van der Waals surface area contributed by atoms with E-state index in [1.807, 2.05) is 12.1 Å². The van der Waals surface area contributed by atoms with Gasteiger partial charge in [-0.05, 0) is 29.7 Å². The molecule has 0 fully saturated rings. The summed E-state index contributed by atoms with van der Waals surface area (Å²) in [5.74, 6) is -0.239. The number of fused-ring (bicyclic) bond motifs is 1. The van der Waals surface area contributed by atoms with Gasteiger partial charge in [0, 0.05) is 16.8 Å². The highest BCUT2D eigenvalue weighted by atomic mass is 32.2. The first kappa shape index (κ1) is 14.1. The Hall–Kier alpha value is -1.85. The zero-order chi connectivity index (χ0) is 14.7. The van der Waals surface area contributed by atoms with Crippen molar-refractivity contribution >= 4 is 17.7 Å². The molecule has 2 heterocycles. The Labute approximate surface area is 127 Å². The number of nitrogens with zero attached hydrogens (tertiary/aromatic N) is 1. The van der Waals surface area contributed by atoms with Gasteiger partial charge in [-0.15, -0.1) is 11.8 Å². The molecule has 0 aliphatic carbocycles. The van der Waals surface area contributed by atoms with Gasteiger partial charge in [-0.3, -0.25) is 0 Å². The summed E-state index contributed by atoms with van der Waals surface area (Å²) in [6.07, 6.45) is 2.54. The number of aromatic carboxylic acids is 1. The van der Waals surface area contributed by atoms with Gasteiger partial charge in [-0.2, -0.15) is 0 Å². The van der Waals surface area contributed by atoms with Gasteiger partial charge in [0.1, 0.15) is 5.69 Å². The fraction of sp³-hybridized carbons (Fsp3) is 0.250. The second-order valence-electron chi connectivity index (χ2n) is 4.80. The number of carboxylic acid groups (broad SMARTS) is 1. The lowest BCUT2D eigenvalue weighted by molar-refractivity contribution is 0.0588. The highest BCUT2D eigenvalue weighted by molar-refractivity contribution is 7.99. The monoisotopic (exact) mass is 301 g/mol. The van der Waals surface area contributed by atoms with Crippen LogP contribution in [0.5, 0.6) is 0 Å². The third-order valence-corrected chi connectivity index (χ3v) is 4.50. The Morgan fingerprint density at radius 2 is 2.24 bits per heavy atom. The van der Waals surface area contributed by atoms with Crippen molar-refractivity contribution < 1.29 is 14.6 Å². The SMILES string of the molecule is O=C(O)c1cc(SCC2OCCc3ccccc32)ccn1. The molecule has 1 aliphatic rings. The van der Waals surface area contributed by atoms with Crippen molar-refractivity contribution in [1.82, 2.24) is 4.98 Å². The average molecular weight is 301 g/mol. The van der Waals surface area contributed by atoms with Crippen LogP contribution in [0, 0.1) is 0 Å². The summed E-state index contributed by atoms with van der Waals surface area (Å²) in [5.41, 5.74) is 2.66. The Morgan fingerprint density at radius 1 is 1.38 bits per heavy atom. The lowest BCUT2D eigenvalue weighted by atomic mass is 9.99. The maximum Gasteiger partial charge on any atom is 0.354 e. The van der Waals surface area contributed by atoms with E-state index in [9.17, 15) is 4.79 Å². The minimum absolute atomic E-state index is 0.0568. The second kappa shape index (κ2) is 6.28. The largest absolute Gasteiger partial charge is 0.477 e. The predicted molar refractivity (Wildman–Crippen MR) is 80.8 cm³/mol. The van der Waals surface area contributed by atoms with Crippen LogP contribution >= 0.6 is 11.8 Å². The molecular weight excluding hydrogens is 286 g/mol. The van der Waals surface area contributed by atoms with Gasteiger partial charge in [-0.1, -0.05) is 24.3 Å². The number of hydrogen-bond acceptors (Lipinski definition) is 4. The zero-order valence-electron chi connectivity index (χ0n) is 11.4. The van der Waals surface area contributed by atoms with Crippen molar-refractivity contribution in [2.24, 2.45) is 0 Å². The fourth-order valence-corrected chi connectivity index (χ4v) is 3.38. The lowest BCUT2D eigenvalue weighted by Crippen LogP contribution is -2.17. The molecule has 1 aromatic carbocycles. The number of pyridine rings is 1. The van der Waals surface area contributed by atoms with E-state index in [0.717, 1.165) is 23.7 Å². The average Bonchev–Trinajstić information content (AvgIpc) is 2.53. The Balaban J connectivity index is 1.71. The molecule has 2 aromatic rings. The van der Waals surface area contributed by atoms with Gasteiger partial charge < -0.3 is 9.84 Å². The summed E-state index contributed by atoms with van der Waals surface area (Å²) in [7, 11) is 0. The zero-order valence-corrected chi connectivity index (χ0v) is 12.2. The Kier molecular flexibility index (Phi) is 4.22. The van der Waals surface area contributed by atoms with E-state index >= 15 is 0 Å². The molecule has 0 saturated carbocycles. The smallest absolute Gasteiger partial charge is 0.354 e. The third-order valence-electron chi connectivity index (χ3n) is 3.44. The van der Waals surface area contributed by atoms with Crippen molar-refractivity contribution in [2.45, 2.75) is 17.4 Å². The summed E-state index contributed by atoms with van der Waals surface area (Å²) in [4.78, 5) is 15.6. The van der Waals surface area contributed by atoms with Crippen LogP contribution in [-0.4, -0.2) is 28.4 Å². The van der Waals surface area contributed by atoms with Gasteiger partial charge >= 0.3 is 5.97 Å². The molecule has 1 aliphatic heterocycles. The molecule has 0 spiro atoms. The number of hydrogen-bond donors (Lipinski definition) is 1. The maximum atomic E-state index is 10.9.